The fourth-order valence-electron chi connectivity index (χ4n) is 1.49. The van der Waals surface area contributed by atoms with Gasteiger partial charge in [0.05, 0.1) is 11.4 Å². The SMILES string of the molecule is O=S(=O)(CF)C1CCC(O)CC1. The fourth-order valence-corrected chi connectivity index (χ4v) is 2.66. The molecule has 1 aliphatic rings. The van der Waals surface area contributed by atoms with Crippen molar-refractivity contribution in [1.29, 1.82) is 0 Å². The molecule has 1 fully saturated rings. The van der Waals surface area contributed by atoms with E-state index in [2.05, 4.69) is 0 Å². The number of sulfone groups is 1. The van der Waals surface area contributed by atoms with E-state index >= 15 is 0 Å². The molecule has 1 N–H and O–H groups in total. The summed E-state index contributed by atoms with van der Waals surface area (Å²) in [6.45, 7) is 0. The molecule has 0 spiro atoms. The molecule has 12 heavy (non-hydrogen) atoms. The number of alkyl halides is 1. The molecule has 5 heteroatoms. The minimum atomic E-state index is -3.52. The van der Waals surface area contributed by atoms with Crippen molar-refractivity contribution in [2.75, 3.05) is 6.01 Å². The Balaban J connectivity index is 2.56. The molecule has 0 bridgehead atoms. The Labute approximate surface area is 71.5 Å². The van der Waals surface area contributed by atoms with Gasteiger partial charge in [-0.25, -0.2) is 12.8 Å². The van der Waals surface area contributed by atoms with Crippen LogP contribution in [0.4, 0.5) is 4.39 Å². The summed E-state index contributed by atoms with van der Waals surface area (Å²) in [4.78, 5) is 0. The number of rotatable bonds is 2. The molecular weight excluding hydrogens is 183 g/mol. The van der Waals surface area contributed by atoms with E-state index in [1.165, 1.54) is 0 Å². The van der Waals surface area contributed by atoms with Crippen LogP contribution < -0.4 is 0 Å². The van der Waals surface area contributed by atoms with Crippen LogP contribution in [0, 0.1) is 0 Å². The van der Waals surface area contributed by atoms with Crippen molar-refractivity contribution in [3.05, 3.63) is 0 Å². The third-order valence-electron chi connectivity index (χ3n) is 2.30. The maximum absolute atomic E-state index is 12.0. The Morgan fingerprint density at radius 2 is 1.75 bits per heavy atom. The maximum atomic E-state index is 12.0. The molecule has 1 saturated carbocycles. The van der Waals surface area contributed by atoms with E-state index in [0.29, 0.717) is 25.7 Å². The van der Waals surface area contributed by atoms with Gasteiger partial charge in [0.25, 0.3) is 0 Å². The minimum Gasteiger partial charge on any atom is -0.393 e. The van der Waals surface area contributed by atoms with Gasteiger partial charge in [0.2, 0.25) is 0 Å². The molecule has 0 radical (unpaired) electrons. The molecule has 0 atom stereocenters. The molecule has 1 aliphatic carbocycles. The van der Waals surface area contributed by atoms with Gasteiger partial charge in [-0.3, -0.25) is 0 Å². The first-order valence-corrected chi connectivity index (χ1v) is 5.73. The highest BCUT2D eigenvalue weighted by atomic mass is 32.2. The summed E-state index contributed by atoms with van der Waals surface area (Å²) in [6, 6.07) is -1.27. The second-order valence-corrected chi connectivity index (χ2v) is 5.41. The maximum Gasteiger partial charge on any atom is 0.191 e. The number of hydrogen-bond acceptors (Lipinski definition) is 3. The molecule has 3 nitrogen and oxygen atoms in total. The third kappa shape index (κ3) is 2.17. The van der Waals surface area contributed by atoms with Gasteiger partial charge in [-0.05, 0) is 25.7 Å². The molecule has 0 heterocycles. The van der Waals surface area contributed by atoms with Gasteiger partial charge in [-0.15, -0.1) is 0 Å². The zero-order valence-corrected chi connectivity index (χ0v) is 7.56. The Kier molecular flexibility index (Phi) is 3.06. The average molecular weight is 196 g/mol. The quantitative estimate of drug-likeness (QED) is 0.704. The van der Waals surface area contributed by atoms with Crippen molar-refractivity contribution in [2.45, 2.75) is 37.0 Å². The first-order chi connectivity index (χ1) is 5.56. The zero-order chi connectivity index (χ0) is 9.19. The van der Waals surface area contributed by atoms with Gasteiger partial charge >= 0.3 is 0 Å². The Bertz CT molecular complexity index is 229. The van der Waals surface area contributed by atoms with E-state index in [4.69, 9.17) is 5.11 Å². The fraction of sp³-hybridized carbons (Fsp3) is 1.00. The second-order valence-electron chi connectivity index (χ2n) is 3.20. The smallest absolute Gasteiger partial charge is 0.191 e. The highest BCUT2D eigenvalue weighted by Crippen LogP contribution is 2.24. The van der Waals surface area contributed by atoms with Crippen LogP contribution in [0.1, 0.15) is 25.7 Å². The normalized spacial score (nSPS) is 31.8. The molecule has 72 valence electrons. The second kappa shape index (κ2) is 3.70. The van der Waals surface area contributed by atoms with Crippen LogP contribution in [0.2, 0.25) is 0 Å². The van der Waals surface area contributed by atoms with Crippen LogP contribution in [0.15, 0.2) is 0 Å². The van der Waals surface area contributed by atoms with Gasteiger partial charge < -0.3 is 5.11 Å². The predicted octanol–water partition coefficient (Wildman–Crippen LogP) is 0.632. The molecule has 0 aromatic carbocycles. The van der Waals surface area contributed by atoms with Crippen LogP contribution in [0.5, 0.6) is 0 Å². The van der Waals surface area contributed by atoms with Gasteiger partial charge in [0.15, 0.2) is 15.8 Å². The molecule has 0 aliphatic heterocycles. The number of aliphatic hydroxyl groups excluding tert-OH is 1. The van der Waals surface area contributed by atoms with Crippen molar-refractivity contribution in [3.63, 3.8) is 0 Å². The van der Waals surface area contributed by atoms with Crippen molar-refractivity contribution in [1.82, 2.24) is 0 Å². The van der Waals surface area contributed by atoms with E-state index in [1.54, 1.807) is 0 Å². The predicted molar refractivity (Wildman–Crippen MR) is 43.2 cm³/mol. The largest absolute Gasteiger partial charge is 0.393 e. The standard InChI is InChI=1S/C7H13FO3S/c8-5-12(10,11)7-3-1-6(9)2-4-7/h6-7,9H,1-5H2. The van der Waals surface area contributed by atoms with E-state index in [1.807, 2.05) is 0 Å². The lowest BCUT2D eigenvalue weighted by atomic mass is 9.97. The third-order valence-corrected chi connectivity index (χ3v) is 4.09. The monoisotopic (exact) mass is 196 g/mol. The summed E-state index contributed by atoms with van der Waals surface area (Å²) < 4.78 is 34.0. The number of halogens is 1. The van der Waals surface area contributed by atoms with E-state index < -0.39 is 27.2 Å². The molecule has 0 unspecified atom stereocenters. The lowest BCUT2D eigenvalue weighted by Crippen LogP contribution is -2.29. The molecule has 0 amide bonds. The molecule has 0 aromatic heterocycles. The lowest BCUT2D eigenvalue weighted by Gasteiger charge is -2.23. The van der Waals surface area contributed by atoms with Crippen molar-refractivity contribution < 1.29 is 17.9 Å². The van der Waals surface area contributed by atoms with E-state index in [9.17, 15) is 12.8 Å². The first-order valence-electron chi connectivity index (χ1n) is 4.02. The lowest BCUT2D eigenvalue weighted by molar-refractivity contribution is 0.131. The summed E-state index contributed by atoms with van der Waals surface area (Å²) in [5, 5.41) is 8.51. The van der Waals surface area contributed by atoms with Gasteiger partial charge in [0, 0.05) is 0 Å². The van der Waals surface area contributed by atoms with Crippen LogP contribution in [-0.4, -0.2) is 30.9 Å². The number of hydrogen-bond donors (Lipinski definition) is 1. The average Bonchev–Trinajstić information content (AvgIpc) is 2.05. The van der Waals surface area contributed by atoms with E-state index in [0.717, 1.165) is 0 Å². The molecular formula is C7H13FO3S. The summed E-state index contributed by atoms with van der Waals surface area (Å²) >= 11 is 0. The highest BCUT2D eigenvalue weighted by Gasteiger charge is 2.29. The van der Waals surface area contributed by atoms with E-state index in [-0.39, 0.29) is 0 Å². The molecule has 1 rings (SSSR count). The van der Waals surface area contributed by atoms with Crippen molar-refractivity contribution >= 4 is 9.84 Å². The molecule has 0 saturated heterocycles. The van der Waals surface area contributed by atoms with Crippen LogP contribution >= 0.6 is 0 Å². The van der Waals surface area contributed by atoms with Gasteiger partial charge in [0.1, 0.15) is 0 Å². The van der Waals surface area contributed by atoms with Gasteiger partial charge in [-0.1, -0.05) is 0 Å². The van der Waals surface area contributed by atoms with Crippen molar-refractivity contribution in [2.24, 2.45) is 0 Å². The van der Waals surface area contributed by atoms with Crippen LogP contribution in [0.25, 0.3) is 0 Å². The summed E-state index contributed by atoms with van der Waals surface area (Å²) in [5.74, 6) is 0. The minimum absolute atomic E-state index is 0.393. The van der Waals surface area contributed by atoms with Crippen LogP contribution in [0.3, 0.4) is 0 Å². The zero-order valence-electron chi connectivity index (χ0n) is 6.74. The first kappa shape index (κ1) is 9.92. The summed E-state index contributed by atoms with van der Waals surface area (Å²) in [5.41, 5.74) is 0. The van der Waals surface area contributed by atoms with Crippen molar-refractivity contribution in [3.8, 4) is 0 Å². The summed E-state index contributed by atoms with van der Waals surface area (Å²) in [6.07, 6.45) is 1.35. The summed E-state index contributed by atoms with van der Waals surface area (Å²) in [7, 11) is -3.52. The Morgan fingerprint density at radius 3 is 2.17 bits per heavy atom. The van der Waals surface area contributed by atoms with Crippen LogP contribution in [-0.2, 0) is 9.84 Å². The molecule has 0 aromatic rings. The Hall–Kier alpha value is -0.160. The topological polar surface area (TPSA) is 54.4 Å². The van der Waals surface area contributed by atoms with Gasteiger partial charge in [-0.2, -0.15) is 0 Å². The Morgan fingerprint density at radius 1 is 1.25 bits per heavy atom. The highest BCUT2D eigenvalue weighted by molar-refractivity contribution is 7.91. The number of aliphatic hydroxyl groups is 1.